The Labute approximate surface area is 615 Å². The van der Waals surface area contributed by atoms with Crippen LogP contribution in [0.4, 0.5) is 46.0 Å². The molecule has 0 bridgehead atoms. The molecule has 548 valence electrons. The molecule has 0 unspecified atom stereocenters. The van der Waals surface area contributed by atoms with E-state index in [1.165, 1.54) is 61.1 Å². The van der Waals surface area contributed by atoms with Crippen molar-refractivity contribution in [3.05, 3.63) is 161 Å². The molecule has 16 heterocycles. The fourth-order valence-corrected chi connectivity index (χ4v) is 15.8. The number of piperazine rings is 2. The molecule has 105 heavy (non-hydrogen) atoms. The summed E-state index contributed by atoms with van der Waals surface area (Å²) >= 11 is 6.15. The summed E-state index contributed by atoms with van der Waals surface area (Å²) in [4.78, 5) is 79.7. The van der Waals surface area contributed by atoms with Crippen molar-refractivity contribution in [2.75, 3.05) is 122 Å². The molecule has 10 aromatic rings. The molecule has 28 nitrogen and oxygen atoms in total. The van der Waals surface area contributed by atoms with Gasteiger partial charge in [-0.1, -0.05) is 33.4 Å². The van der Waals surface area contributed by atoms with Gasteiger partial charge in [-0.2, -0.15) is 10.2 Å². The zero-order valence-electron chi connectivity index (χ0n) is 57.8. The van der Waals surface area contributed by atoms with Gasteiger partial charge in [0.25, 0.3) is 11.8 Å². The van der Waals surface area contributed by atoms with Crippen LogP contribution < -0.4 is 35.7 Å². The number of amides is 2. The van der Waals surface area contributed by atoms with E-state index in [4.69, 9.17) is 35.8 Å². The van der Waals surface area contributed by atoms with E-state index in [2.05, 4.69) is 87.7 Å². The molecule has 18 rings (SSSR count). The number of hydrogen-bond acceptors (Lipinski definition) is 22. The monoisotopic (exact) mass is 1440 g/mol. The molecule has 0 spiro atoms. The number of fused-ring (bicyclic) bond motifs is 8. The maximum Gasteiger partial charge on any atom is 0.488 e. The summed E-state index contributed by atoms with van der Waals surface area (Å²) in [6, 6.07) is 20.7. The highest BCUT2D eigenvalue weighted by atomic mass is 35.5. The van der Waals surface area contributed by atoms with Crippen molar-refractivity contribution in [2.24, 2.45) is 0 Å². The smallest absolute Gasteiger partial charge is 0.461 e. The zero-order valence-corrected chi connectivity index (χ0v) is 58.5. The molecule has 4 fully saturated rings. The first-order valence-corrected chi connectivity index (χ1v) is 36.2. The summed E-state index contributed by atoms with van der Waals surface area (Å²) in [5.41, 5.74) is 15.0. The third kappa shape index (κ3) is 14.7. The quantitative estimate of drug-likeness (QED) is 0.0562. The standard InChI is InChI=1S/C37H40N10O4.C18H22BN3O3.C18H20ClN7O.2CH4/c1-24(48)51-22-30-29(8-9-38-35(30)46-15-14-45-32-5-3-2-4-25(32)17-33(45)37(46)49)26-16-31(36-40-23-41-47(36)19-26)42-34-7-6-27(18-39-34)43-10-12-44(13-11-43)28-20-50-21-28;1-2-13-14(19(24)25)7-8-20-17(13)22-10-9-21-15-6-4-3-5-12(15)11-16(21)18(22)23;19-13-7-16(18-21-12-22-26(18)9-13)23-17-2-1-14(8-20-17)24-3-5-25(6-4-24)15-10-27-11-15;;/h6-9,16-19,23,28H,2-5,10-15,20-22H2,1H3,(H,39,42);7-8,11,24-25H,2-6,9-10H2,1H3;1-2,7-9,12,15H,3-6,10-11H2,(H,20,23);2*1H4. The topological polar surface area (TPSA) is 285 Å². The van der Waals surface area contributed by atoms with E-state index in [0.717, 1.165) is 169 Å². The molecular formula is C75H90BClN20O8. The molecule has 8 aliphatic rings. The molecule has 0 aromatic carbocycles. The highest BCUT2D eigenvalue weighted by Crippen LogP contribution is 2.38. The molecule has 30 heteroatoms. The summed E-state index contributed by atoms with van der Waals surface area (Å²) in [5, 5.41) is 35.1. The number of aromatic nitrogens is 12. The molecule has 4 N–H and O–H groups in total. The van der Waals surface area contributed by atoms with Crippen LogP contribution in [0.3, 0.4) is 0 Å². The average Bonchev–Trinajstić information content (AvgIpc) is 1.62. The van der Waals surface area contributed by atoms with Gasteiger partial charge in [-0.3, -0.25) is 34.0 Å². The van der Waals surface area contributed by atoms with Crippen LogP contribution in [0.15, 0.2) is 110 Å². The fourth-order valence-electron chi connectivity index (χ4n) is 15.6. The van der Waals surface area contributed by atoms with Crippen LogP contribution >= 0.6 is 11.6 Å². The number of hydrogen-bond donors (Lipinski definition) is 4. The lowest BCUT2D eigenvalue weighted by Crippen LogP contribution is -2.56. The van der Waals surface area contributed by atoms with Gasteiger partial charge < -0.3 is 53.8 Å². The van der Waals surface area contributed by atoms with Crippen molar-refractivity contribution < 1.29 is 38.6 Å². The Kier molecular flexibility index (Phi) is 21.6. The van der Waals surface area contributed by atoms with Gasteiger partial charge in [0, 0.05) is 133 Å². The van der Waals surface area contributed by atoms with Gasteiger partial charge in [-0.25, -0.2) is 38.9 Å². The molecule has 10 aromatic heterocycles. The predicted octanol–water partition coefficient (Wildman–Crippen LogP) is 7.83. The minimum absolute atomic E-state index is 0. The maximum atomic E-state index is 14.1. The summed E-state index contributed by atoms with van der Waals surface area (Å²) in [7, 11) is -1.56. The van der Waals surface area contributed by atoms with E-state index in [0.29, 0.717) is 94.3 Å². The Hall–Kier alpha value is -9.88. The fraction of sp³-hybridized carbons (Fsp3) is 0.427. The number of esters is 1. The van der Waals surface area contributed by atoms with E-state index in [1.807, 2.05) is 61.9 Å². The van der Waals surface area contributed by atoms with Crippen molar-refractivity contribution in [3.63, 3.8) is 0 Å². The van der Waals surface area contributed by atoms with E-state index in [9.17, 15) is 24.4 Å². The Balaban J connectivity index is 0.000000145. The number of pyridine rings is 6. The lowest BCUT2D eigenvalue weighted by atomic mass is 9.77. The minimum atomic E-state index is -1.56. The molecule has 2 amide bonds. The summed E-state index contributed by atoms with van der Waals surface area (Å²) < 4.78 is 24.0. The van der Waals surface area contributed by atoms with Crippen molar-refractivity contribution in [3.8, 4) is 11.1 Å². The predicted molar refractivity (Wildman–Crippen MR) is 404 cm³/mol. The van der Waals surface area contributed by atoms with Gasteiger partial charge in [0.15, 0.2) is 11.3 Å². The Bertz CT molecular complexity index is 4770. The van der Waals surface area contributed by atoms with Crippen molar-refractivity contribution in [1.82, 2.24) is 68.1 Å². The summed E-state index contributed by atoms with van der Waals surface area (Å²) in [5.74, 6) is 1.89. The number of halogens is 1. The lowest BCUT2D eigenvalue weighted by molar-refractivity contribution is -0.142. The number of anilines is 8. The largest absolute Gasteiger partial charge is 0.488 e. The SMILES string of the molecule is C.C.CC(=O)OCc1c(-c2cc(Nc3ccc(N4CCN(C5COC5)CC4)cn3)c3ncnn3c2)ccnc1N1CCn2c(cc3c2CCCC3)C1=O.CCc1c(B(O)O)ccnc1N1CCn2c(cc3c2CCCC3)C1=O.Clc1cc(Nc2ccc(N3CCN(C4COC4)CC3)cn2)c2ncnn2c1. The number of ether oxygens (including phenoxy) is 3. The first-order valence-electron chi connectivity index (χ1n) is 35.8. The second-order valence-electron chi connectivity index (χ2n) is 27.3. The molecule has 0 saturated carbocycles. The highest BCUT2D eigenvalue weighted by molar-refractivity contribution is 6.59. The van der Waals surface area contributed by atoms with Crippen LogP contribution in [0.1, 0.15) is 109 Å². The third-order valence-corrected chi connectivity index (χ3v) is 21.4. The van der Waals surface area contributed by atoms with Crippen LogP contribution in [0.5, 0.6) is 0 Å². The number of carbonyl (C=O) groups is 3. The molecule has 2 aliphatic carbocycles. The number of nitrogens with zero attached hydrogens (tertiary/aromatic N) is 18. The van der Waals surface area contributed by atoms with Crippen molar-refractivity contribution in [1.29, 1.82) is 0 Å². The van der Waals surface area contributed by atoms with E-state index in [-0.39, 0.29) is 33.3 Å². The number of nitrogens with one attached hydrogen (secondary N) is 2. The van der Waals surface area contributed by atoms with Gasteiger partial charge in [-0.05, 0) is 146 Å². The highest BCUT2D eigenvalue weighted by Gasteiger charge is 2.36. The Morgan fingerprint density at radius 3 is 1.56 bits per heavy atom. The van der Waals surface area contributed by atoms with Gasteiger partial charge in [0.1, 0.15) is 53.9 Å². The molecule has 6 aliphatic heterocycles. The third-order valence-electron chi connectivity index (χ3n) is 21.2. The average molecular weight is 1450 g/mol. The van der Waals surface area contributed by atoms with Crippen LogP contribution in [-0.4, -0.2) is 207 Å². The lowest BCUT2D eigenvalue weighted by Gasteiger charge is -2.43. The van der Waals surface area contributed by atoms with Gasteiger partial charge >= 0.3 is 13.1 Å². The summed E-state index contributed by atoms with van der Waals surface area (Å²) in [6.07, 6.45) is 23.0. The molecule has 0 radical (unpaired) electrons. The number of rotatable bonds is 15. The molecule has 4 saturated heterocycles. The first-order chi connectivity index (χ1) is 50.4. The van der Waals surface area contributed by atoms with E-state index >= 15 is 0 Å². The van der Waals surface area contributed by atoms with Gasteiger partial charge in [0.2, 0.25) is 0 Å². The second kappa shape index (κ2) is 31.4. The van der Waals surface area contributed by atoms with Gasteiger partial charge in [0.05, 0.1) is 78.7 Å². The van der Waals surface area contributed by atoms with E-state index < -0.39 is 13.1 Å². The number of aryl methyl sites for hydroxylation is 2. The van der Waals surface area contributed by atoms with E-state index in [1.54, 1.807) is 37.3 Å². The number of carbonyl (C=O) groups excluding carboxylic acids is 3. The van der Waals surface area contributed by atoms with Gasteiger partial charge in [-0.15, -0.1) is 0 Å². The molecule has 0 atom stereocenters. The van der Waals surface area contributed by atoms with Crippen molar-refractivity contribution in [2.45, 2.75) is 118 Å². The zero-order chi connectivity index (χ0) is 70.2. The normalized spacial score (nSPS) is 17.5. The maximum absolute atomic E-state index is 14.1. The van der Waals surface area contributed by atoms with Crippen LogP contribution in [-0.2, 0) is 70.8 Å². The van der Waals surface area contributed by atoms with Crippen LogP contribution in [0.25, 0.3) is 22.4 Å². The first kappa shape index (κ1) is 72.1. The second-order valence-corrected chi connectivity index (χ2v) is 27.7. The molecular weight excluding hydrogens is 1360 g/mol. The van der Waals surface area contributed by atoms with Crippen LogP contribution in [0.2, 0.25) is 5.02 Å². The Morgan fingerprint density at radius 1 is 0.590 bits per heavy atom. The van der Waals surface area contributed by atoms with Crippen LogP contribution in [0, 0.1) is 0 Å². The van der Waals surface area contributed by atoms with Crippen molar-refractivity contribution >= 4 is 99.3 Å². The minimum Gasteiger partial charge on any atom is -0.461 e. The summed E-state index contributed by atoms with van der Waals surface area (Å²) in [6.45, 7) is 17.3. The Morgan fingerprint density at radius 2 is 1.09 bits per heavy atom.